The average molecular weight is 330 g/mol. The highest BCUT2D eigenvalue weighted by molar-refractivity contribution is 14.1. The van der Waals surface area contributed by atoms with Gasteiger partial charge in [-0.1, -0.05) is 6.07 Å². The maximum absolute atomic E-state index is 11.4. The summed E-state index contributed by atoms with van der Waals surface area (Å²) in [5.41, 5.74) is 1.02. The molecule has 4 nitrogen and oxygen atoms in total. The number of esters is 1. The lowest BCUT2D eigenvalue weighted by molar-refractivity contribution is -0.142. The Bertz CT molecular complexity index is 522. The monoisotopic (exact) mass is 330 g/mol. The first-order valence-electron chi connectivity index (χ1n) is 4.99. The number of ether oxygens (including phenoxy) is 1. The number of aromatic nitrogens is 2. The van der Waals surface area contributed by atoms with Crippen LogP contribution in [0.4, 0.5) is 0 Å². The molecule has 0 spiro atoms. The molecule has 2 heterocycles. The summed E-state index contributed by atoms with van der Waals surface area (Å²) in [4.78, 5) is 15.7. The maximum Gasteiger partial charge on any atom is 0.313 e. The molecule has 0 saturated carbocycles. The highest BCUT2D eigenvalue weighted by Gasteiger charge is 2.12. The lowest BCUT2D eigenvalue weighted by Gasteiger charge is -2.01. The molecule has 0 bridgehead atoms. The van der Waals surface area contributed by atoms with Crippen molar-refractivity contribution in [1.82, 2.24) is 9.38 Å². The second-order valence-corrected chi connectivity index (χ2v) is 4.28. The highest BCUT2D eigenvalue weighted by atomic mass is 127. The zero-order valence-electron chi connectivity index (χ0n) is 8.81. The molecule has 5 heteroatoms. The molecule has 0 radical (unpaired) electrons. The number of imidazole rings is 1. The van der Waals surface area contributed by atoms with E-state index in [1.807, 2.05) is 28.8 Å². The minimum Gasteiger partial charge on any atom is -0.466 e. The van der Waals surface area contributed by atoms with Crippen LogP contribution in [0.5, 0.6) is 0 Å². The van der Waals surface area contributed by atoms with Crippen LogP contribution in [0.3, 0.4) is 0 Å². The van der Waals surface area contributed by atoms with E-state index in [-0.39, 0.29) is 12.4 Å². The van der Waals surface area contributed by atoms with Gasteiger partial charge < -0.3 is 9.14 Å². The molecule has 0 aliphatic rings. The molecule has 0 atom stereocenters. The third-order valence-corrected chi connectivity index (χ3v) is 2.98. The Morgan fingerprint density at radius 3 is 3.12 bits per heavy atom. The van der Waals surface area contributed by atoms with E-state index >= 15 is 0 Å². The second kappa shape index (κ2) is 4.82. The highest BCUT2D eigenvalue weighted by Crippen LogP contribution is 2.15. The van der Waals surface area contributed by atoms with E-state index < -0.39 is 0 Å². The van der Waals surface area contributed by atoms with Gasteiger partial charge in [-0.25, -0.2) is 4.98 Å². The Morgan fingerprint density at radius 1 is 1.56 bits per heavy atom. The molecule has 0 saturated heterocycles. The predicted octanol–water partition coefficient (Wildman–Crippen LogP) is 2.04. The van der Waals surface area contributed by atoms with Gasteiger partial charge in [0.2, 0.25) is 0 Å². The van der Waals surface area contributed by atoms with E-state index in [0.717, 1.165) is 15.0 Å². The summed E-state index contributed by atoms with van der Waals surface area (Å²) in [6.45, 7) is 2.20. The van der Waals surface area contributed by atoms with Gasteiger partial charge >= 0.3 is 5.97 Å². The van der Waals surface area contributed by atoms with Crippen LogP contribution in [-0.2, 0) is 16.0 Å². The fourth-order valence-corrected chi connectivity index (χ4v) is 2.24. The van der Waals surface area contributed by atoms with Gasteiger partial charge in [0, 0.05) is 6.20 Å². The fraction of sp³-hybridized carbons (Fsp3) is 0.273. The lowest BCUT2D eigenvalue weighted by atomic mass is 10.4. The van der Waals surface area contributed by atoms with Crippen LogP contribution in [0.25, 0.3) is 5.52 Å². The summed E-state index contributed by atoms with van der Waals surface area (Å²) in [6, 6.07) is 5.84. The third-order valence-electron chi connectivity index (χ3n) is 2.18. The van der Waals surface area contributed by atoms with Crippen LogP contribution >= 0.6 is 22.6 Å². The predicted molar refractivity (Wildman–Crippen MR) is 68.2 cm³/mol. The van der Waals surface area contributed by atoms with Gasteiger partial charge in [0.05, 0.1) is 12.1 Å². The molecule has 84 valence electrons. The summed E-state index contributed by atoms with van der Waals surface area (Å²) >= 11 is 2.16. The molecule has 0 aromatic carbocycles. The maximum atomic E-state index is 11.4. The number of carbonyl (C=O) groups excluding carboxylic acids is 1. The summed E-state index contributed by atoms with van der Waals surface area (Å²) in [6.07, 6.45) is 2.11. The Labute approximate surface area is 107 Å². The van der Waals surface area contributed by atoms with Crippen LogP contribution in [0.2, 0.25) is 0 Å². The number of pyridine rings is 1. The van der Waals surface area contributed by atoms with Gasteiger partial charge in [-0.05, 0) is 41.6 Å². The summed E-state index contributed by atoms with van der Waals surface area (Å²) < 4.78 is 7.73. The van der Waals surface area contributed by atoms with Crippen molar-refractivity contribution >= 4 is 34.1 Å². The van der Waals surface area contributed by atoms with Crippen molar-refractivity contribution in [3.63, 3.8) is 0 Å². The molecular weight excluding hydrogens is 319 g/mol. The largest absolute Gasteiger partial charge is 0.466 e. The van der Waals surface area contributed by atoms with Crippen LogP contribution in [0, 0.1) is 3.70 Å². The van der Waals surface area contributed by atoms with Gasteiger partial charge in [-0.3, -0.25) is 4.79 Å². The van der Waals surface area contributed by atoms with Crippen LogP contribution in [0.15, 0.2) is 24.4 Å². The van der Waals surface area contributed by atoms with Crippen LogP contribution in [0.1, 0.15) is 12.7 Å². The molecule has 0 unspecified atom stereocenters. The van der Waals surface area contributed by atoms with Crippen molar-refractivity contribution in [2.45, 2.75) is 13.3 Å². The van der Waals surface area contributed by atoms with E-state index in [2.05, 4.69) is 27.6 Å². The van der Waals surface area contributed by atoms with Crippen molar-refractivity contribution < 1.29 is 9.53 Å². The van der Waals surface area contributed by atoms with Crippen molar-refractivity contribution in [1.29, 1.82) is 0 Å². The van der Waals surface area contributed by atoms with Crippen molar-refractivity contribution in [3.8, 4) is 0 Å². The van der Waals surface area contributed by atoms with Gasteiger partial charge in [-0.2, -0.15) is 0 Å². The smallest absolute Gasteiger partial charge is 0.313 e. The number of fused-ring (bicyclic) bond motifs is 1. The first kappa shape index (κ1) is 11.4. The molecule has 2 aromatic rings. The van der Waals surface area contributed by atoms with Crippen molar-refractivity contribution in [3.05, 3.63) is 33.9 Å². The lowest BCUT2D eigenvalue weighted by Crippen LogP contribution is -2.10. The second-order valence-electron chi connectivity index (χ2n) is 3.26. The van der Waals surface area contributed by atoms with Crippen LogP contribution in [-0.4, -0.2) is 22.0 Å². The topological polar surface area (TPSA) is 43.6 Å². The zero-order chi connectivity index (χ0) is 11.5. The minimum absolute atomic E-state index is 0.210. The van der Waals surface area contributed by atoms with Crippen molar-refractivity contribution in [2.75, 3.05) is 6.61 Å². The molecule has 0 amide bonds. The minimum atomic E-state index is -0.241. The summed E-state index contributed by atoms with van der Waals surface area (Å²) in [5, 5.41) is 0. The number of carbonyl (C=O) groups is 1. The molecule has 0 aliphatic carbocycles. The van der Waals surface area contributed by atoms with E-state index in [1.165, 1.54) is 0 Å². The molecule has 0 N–H and O–H groups in total. The molecule has 16 heavy (non-hydrogen) atoms. The summed E-state index contributed by atoms with van der Waals surface area (Å²) in [7, 11) is 0. The number of hydrogen-bond donors (Lipinski definition) is 0. The Hall–Kier alpha value is -1.11. The molecule has 0 fully saturated rings. The Morgan fingerprint density at radius 2 is 2.38 bits per heavy atom. The first-order chi connectivity index (χ1) is 7.72. The van der Waals surface area contributed by atoms with Crippen molar-refractivity contribution in [2.24, 2.45) is 0 Å². The van der Waals surface area contributed by atoms with Gasteiger partial charge in [0.25, 0.3) is 0 Å². The molecule has 0 aliphatic heterocycles. The SMILES string of the molecule is CCOC(=O)Cc1nc(I)c2ccccn12. The normalized spacial score (nSPS) is 10.6. The number of hydrogen-bond acceptors (Lipinski definition) is 3. The molecular formula is C11H11IN2O2. The Kier molecular flexibility index (Phi) is 3.42. The van der Waals surface area contributed by atoms with Crippen LogP contribution < -0.4 is 0 Å². The number of nitrogens with zero attached hydrogens (tertiary/aromatic N) is 2. The number of halogens is 1. The standard InChI is InChI=1S/C11H11IN2O2/c1-2-16-10(15)7-9-13-11(12)8-5-3-4-6-14(8)9/h3-6H,2,7H2,1H3. The fourth-order valence-electron chi connectivity index (χ4n) is 1.53. The van der Waals surface area contributed by atoms with Gasteiger partial charge in [0.1, 0.15) is 15.9 Å². The van der Waals surface area contributed by atoms with Gasteiger partial charge in [-0.15, -0.1) is 0 Å². The van der Waals surface area contributed by atoms with Gasteiger partial charge in [0.15, 0.2) is 0 Å². The van der Waals surface area contributed by atoms with E-state index in [0.29, 0.717) is 6.61 Å². The first-order valence-corrected chi connectivity index (χ1v) is 6.07. The molecule has 2 aromatic heterocycles. The third kappa shape index (κ3) is 2.18. The molecule has 2 rings (SSSR count). The van der Waals surface area contributed by atoms with E-state index in [4.69, 9.17) is 4.74 Å². The Balaban J connectivity index is 2.34. The quantitative estimate of drug-likeness (QED) is 0.639. The summed E-state index contributed by atoms with van der Waals surface area (Å²) in [5.74, 6) is 0.480. The number of rotatable bonds is 3. The van der Waals surface area contributed by atoms with E-state index in [9.17, 15) is 4.79 Å². The zero-order valence-corrected chi connectivity index (χ0v) is 11.0. The average Bonchev–Trinajstić information content (AvgIpc) is 2.57. The van der Waals surface area contributed by atoms with E-state index in [1.54, 1.807) is 6.92 Å².